The van der Waals surface area contributed by atoms with Crippen molar-refractivity contribution in [1.29, 1.82) is 0 Å². The predicted molar refractivity (Wildman–Crippen MR) is 82.1 cm³/mol. The Morgan fingerprint density at radius 3 is 2.50 bits per heavy atom. The number of hydrogen-bond donors (Lipinski definition) is 0. The van der Waals surface area contributed by atoms with Gasteiger partial charge in [0.1, 0.15) is 6.61 Å². The number of carbonyl (C=O) groups is 2. The highest BCUT2D eigenvalue weighted by molar-refractivity contribution is 5.70. The molecule has 5 nitrogen and oxygen atoms in total. The van der Waals surface area contributed by atoms with Crippen molar-refractivity contribution in [3.05, 3.63) is 35.9 Å². The zero-order chi connectivity index (χ0) is 16.2. The fourth-order valence-corrected chi connectivity index (χ4v) is 1.82. The minimum absolute atomic E-state index is 0.201. The molecule has 122 valence electrons. The molecular weight excluding hydrogens is 284 g/mol. The van der Waals surface area contributed by atoms with Crippen molar-refractivity contribution >= 4 is 11.9 Å². The Hall–Kier alpha value is -1.88. The fraction of sp³-hybridized carbons (Fsp3) is 0.529. The molecule has 0 saturated heterocycles. The van der Waals surface area contributed by atoms with Gasteiger partial charge in [-0.15, -0.1) is 0 Å². The standard InChI is InChI=1S/C17H24O5/c1-3-20-16(18)10-7-11-21-14(2)12-17(19)22-13-15-8-5-4-6-9-15/h4-6,8-9,14H,3,7,10-13H2,1-2H3/t14-/m1/s1. The van der Waals surface area contributed by atoms with Gasteiger partial charge in [0, 0.05) is 13.0 Å². The molecule has 1 rings (SSSR count). The van der Waals surface area contributed by atoms with E-state index in [0.717, 1.165) is 5.56 Å². The van der Waals surface area contributed by atoms with Gasteiger partial charge in [-0.05, 0) is 25.8 Å². The number of benzene rings is 1. The molecule has 0 aliphatic heterocycles. The van der Waals surface area contributed by atoms with Gasteiger partial charge < -0.3 is 14.2 Å². The van der Waals surface area contributed by atoms with Gasteiger partial charge in [-0.25, -0.2) is 0 Å². The highest BCUT2D eigenvalue weighted by Gasteiger charge is 2.11. The summed E-state index contributed by atoms with van der Waals surface area (Å²) in [5.74, 6) is -0.511. The van der Waals surface area contributed by atoms with E-state index in [0.29, 0.717) is 26.1 Å². The predicted octanol–water partition coefficient (Wildman–Crippen LogP) is 2.87. The van der Waals surface area contributed by atoms with E-state index in [1.54, 1.807) is 6.92 Å². The van der Waals surface area contributed by atoms with E-state index in [9.17, 15) is 9.59 Å². The molecule has 0 saturated carbocycles. The zero-order valence-electron chi connectivity index (χ0n) is 13.2. The van der Waals surface area contributed by atoms with Gasteiger partial charge in [-0.2, -0.15) is 0 Å². The van der Waals surface area contributed by atoms with Crippen molar-refractivity contribution in [1.82, 2.24) is 0 Å². The van der Waals surface area contributed by atoms with Crippen LogP contribution < -0.4 is 0 Å². The molecule has 0 aliphatic carbocycles. The molecule has 5 heteroatoms. The van der Waals surface area contributed by atoms with Crippen LogP contribution in [0.3, 0.4) is 0 Å². The molecule has 0 fully saturated rings. The molecule has 0 aromatic heterocycles. The molecule has 0 unspecified atom stereocenters. The number of hydrogen-bond acceptors (Lipinski definition) is 5. The van der Waals surface area contributed by atoms with Gasteiger partial charge in [-0.1, -0.05) is 30.3 Å². The van der Waals surface area contributed by atoms with Gasteiger partial charge in [-0.3, -0.25) is 9.59 Å². The second-order valence-electron chi connectivity index (χ2n) is 4.94. The smallest absolute Gasteiger partial charge is 0.308 e. The van der Waals surface area contributed by atoms with Gasteiger partial charge in [0.15, 0.2) is 0 Å². The molecule has 1 aromatic rings. The summed E-state index contributed by atoms with van der Waals surface area (Å²) in [5.41, 5.74) is 0.957. The van der Waals surface area contributed by atoms with E-state index >= 15 is 0 Å². The zero-order valence-corrected chi connectivity index (χ0v) is 13.2. The van der Waals surface area contributed by atoms with Crippen LogP contribution >= 0.6 is 0 Å². The highest BCUT2D eigenvalue weighted by Crippen LogP contribution is 2.05. The molecule has 22 heavy (non-hydrogen) atoms. The Morgan fingerprint density at radius 2 is 1.82 bits per heavy atom. The minimum Gasteiger partial charge on any atom is -0.466 e. The highest BCUT2D eigenvalue weighted by atomic mass is 16.5. The van der Waals surface area contributed by atoms with Crippen LogP contribution in [0.4, 0.5) is 0 Å². The summed E-state index contributed by atoms with van der Waals surface area (Å²) >= 11 is 0. The van der Waals surface area contributed by atoms with Crippen molar-refractivity contribution in [3.8, 4) is 0 Å². The van der Waals surface area contributed by atoms with E-state index in [4.69, 9.17) is 14.2 Å². The molecular formula is C17H24O5. The van der Waals surface area contributed by atoms with Crippen molar-refractivity contribution in [3.63, 3.8) is 0 Å². The summed E-state index contributed by atoms with van der Waals surface area (Å²) in [6, 6.07) is 9.53. The second-order valence-corrected chi connectivity index (χ2v) is 4.94. The number of esters is 2. The quantitative estimate of drug-likeness (QED) is 0.491. The Balaban J connectivity index is 2.09. The van der Waals surface area contributed by atoms with E-state index in [1.807, 2.05) is 37.3 Å². The molecule has 0 radical (unpaired) electrons. The first-order valence-corrected chi connectivity index (χ1v) is 7.58. The second kappa shape index (κ2) is 10.8. The van der Waals surface area contributed by atoms with Gasteiger partial charge >= 0.3 is 11.9 Å². The van der Waals surface area contributed by atoms with Crippen LogP contribution in [0, 0.1) is 0 Å². The SMILES string of the molecule is CCOC(=O)CCCO[C@H](C)CC(=O)OCc1ccccc1. The molecule has 0 amide bonds. The van der Waals surface area contributed by atoms with Crippen LogP contribution in [0.15, 0.2) is 30.3 Å². The van der Waals surface area contributed by atoms with Crippen molar-refractivity contribution in [2.45, 2.75) is 45.8 Å². The van der Waals surface area contributed by atoms with E-state index < -0.39 is 0 Å². The average Bonchev–Trinajstić information content (AvgIpc) is 2.51. The molecule has 1 aromatic carbocycles. The van der Waals surface area contributed by atoms with Crippen LogP contribution in [0.2, 0.25) is 0 Å². The first kappa shape index (κ1) is 18.2. The van der Waals surface area contributed by atoms with Crippen molar-refractivity contribution < 1.29 is 23.8 Å². The summed E-state index contributed by atoms with van der Waals surface area (Å²) in [5, 5.41) is 0. The fourth-order valence-electron chi connectivity index (χ4n) is 1.82. The molecule has 0 spiro atoms. The maximum Gasteiger partial charge on any atom is 0.308 e. The summed E-state index contributed by atoms with van der Waals surface area (Å²) in [6.07, 6.45) is 0.887. The molecule has 0 bridgehead atoms. The first-order chi connectivity index (χ1) is 10.6. The monoisotopic (exact) mass is 308 g/mol. The topological polar surface area (TPSA) is 61.8 Å². The molecule has 0 heterocycles. The Bertz CT molecular complexity index is 444. The van der Waals surface area contributed by atoms with Gasteiger partial charge in [0.25, 0.3) is 0 Å². The van der Waals surface area contributed by atoms with Crippen LogP contribution in [-0.4, -0.2) is 31.3 Å². The number of carbonyl (C=O) groups excluding carboxylic acids is 2. The lowest BCUT2D eigenvalue weighted by atomic mass is 10.2. The van der Waals surface area contributed by atoms with E-state index in [2.05, 4.69) is 0 Å². The lowest BCUT2D eigenvalue weighted by Crippen LogP contribution is -2.17. The summed E-state index contributed by atoms with van der Waals surface area (Å²) in [6.45, 7) is 4.68. The minimum atomic E-state index is -0.290. The third-order valence-electron chi connectivity index (χ3n) is 2.93. The maximum absolute atomic E-state index is 11.7. The number of ether oxygens (including phenoxy) is 3. The van der Waals surface area contributed by atoms with Crippen molar-refractivity contribution in [2.24, 2.45) is 0 Å². The largest absolute Gasteiger partial charge is 0.466 e. The van der Waals surface area contributed by atoms with Crippen LogP contribution in [0.25, 0.3) is 0 Å². The lowest BCUT2D eigenvalue weighted by molar-refractivity contribution is -0.148. The van der Waals surface area contributed by atoms with E-state index in [-0.39, 0.29) is 31.1 Å². The Kier molecular flexibility index (Phi) is 8.91. The van der Waals surface area contributed by atoms with Crippen molar-refractivity contribution in [2.75, 3.05) is 13.2 Å². The third kappa shape index (κ3) is 8.42. The van der Waals surface area contributed by atoms with Crippen LogP contribution in [0.1, 0.15) is 38.7 Å². The van der Waals surface area contributed by atoms with E-state index in [1.165, 1.54) is 0 Å². The van der Waals surface area contributed by atoms with Gasteiger partial charge in [0.2, 0.25) is 0 Å². The van der Waals surface area contributed by atoms with Gasteiger partial charge in [0.05, 0.1) is 19.1 Å². The molecule has 0 N–H and O–H groups in total. The summed E-state index contributed by atoms with van der Waals surface area (Å²) in [7, 11) is 0. The Labute approximate surface area is 131 Å². The molecule has 1 atom stereocenters. The first-order valence-electron chi connectivity index (χ1n) is 7.58. The van der Waals surface area contributed by atoms with Crippen LogP contribution in [-0.2, 0) is 30.4 Å². The number of rotatable bonds is 10. The Morgan fingerprint density at radius 1 is 1.09 bits per heavy atom. The summed E-state index contributed by atoms with van der Waals surface area (Å²) < 4.78 is 15.5. The normalized spacial score (nSPS) is 11.7. The average molecular weight is 308 g/mol. The maximum atomic E-state index is 11.7. The van der Waals surface area contributed by atoms with Crippen LogP contribution in [0.5, 0.6) is 0 Å². The summed E-state index contributed by atoms with van der Waals surface area (Å²) in [4.78, 5) is 22.8. The molecule has 0 aliphatic rings. The lowest BCUT2D eigenvalue weighted by Gasteiger charge is -2.12. The third-order valence-corrected chi connectivity index (χ3v) is 2.93.